The van der Waals surface area contributed by atoms with Gasteiger partial charge < -0.3 is 15.3 Å². The summed E-state index contributed by atoms with van der Waals surface area (Å²) in [5.74, 6) is 1.67. The minimum Gasteiger partial charge on any atom is -0.507 e. The van der Waals surface area contributed by atoms with Gasteiger partial charge in [-0.1, -0.05) is 271 Å². The van der Waals surface area contributed by atoms with Crippen molar-refractivity contribution in [1.29, 1.82) is 0 Å². The van der Waals surface area contributed by atoms with Gasteiger partial charge in [-0.05, 0) is 201 Å². The molecule has 4 rings (SSSR count). The second-order valence-corrected chi connectivity index (χ2v) is 25.7. The van der Waals surface area contributed by atoms with Crippen molar-refractivity contribution in [2.24, 2.45) is 0 Å². The zero-order valence-electron chi connectivity index (χ0n) is 54.6. The van der Waals surface area contributed by atoms with Crippen LogP contribution in [-0.2, 0) is 57.8 Å². The van der Waals surface area contributed by atoms with Gasteiger partial charge in [0, 0.05) is 0 Å². The summed E-state index contributed by atoms with van der Waals surface area (Å²) < 4.78 is 0. The van der Waals surface area contributed by atoms with Gasteiger partial charge in [0.2, 0.25) is 0 Å². The third-order valence-corrected chi connectivity index (χ3v) is 18.6. The number of unbranched alkanes of at least 4 members (excludes halogenated alkanes) is 30. The topological polar surface area (TPSA) is 60.7 Å². The molecule has 0 aromatic heterocycles. The van der Waals surface area contributed by atoms with Crippen LogP contribution in [0.2, 0.25) is 0 Å². The van der Waals surface area contributed by atoms with E-state index in [1.54, 1.807) is 0 Å². The summed E-state index contributed by atoms with van der Waals surface area (Å²) in [7, 11) is 0. The SMILES string of the molecule is CCCCCCCCc1cc(Cc2c(C)c(Cc3cc(CCCCCCCC)c(O)c(CCCCCCCC)c3)c(C)c(Cc3cc(CCCCCCCC)c(O)c(CCCCCCCC)c3)c2C)cc(CCCCCCCC)c1O. The molecular formula is C78H126O3. The third kappa shape index (κ3) is 25.6. The number of rotatable bonds is 48. The van der Waals surface area contributed by atoms with Crippen LogP contribution in [0.15, 0.2) is 36.4 Å². The van der Waals surface area contributed by atoms with Crippen molar-refractivity contribution in [3.05, 3.63) is 120 Å². The first-order chi connectivity index (χ1) is 39.5. The molecule has 4 aromatic carbocycles. The predicted molar refractivity (Wildman–Crippen MR) is 356 cm³/mol. The highest BCUT2D eigenvalue weighted by Gasteiger charge is 2.22. The largest absolute Gasteiger partial charge is 0.507 e. The fourth-order valence-electron chi connectivity index (χ4n) is 13.3. The van der Waals surface area contributed by atoms with Crippen LogP contribution >= 0.6 is 0 Å². The smallest absolute Gasteiger partial charge is 0.121 e. The van der Waals surface area contributed by atoms with Gasteiger partial charge in [-0.15, -0.1) is 0 Å². The van der Waals surface area contributed by atoms with E-state index in [0.717, 1.165) is 130 Å². The Bertz CT molecular complexity index is 1930. The van der Waals surface area contributed by atoms with Crippen molar-refractivity contribution in [2.75, 3.05) is 0 Å². The van der Waals surface area contributed by atoms with E-state index in [1.165, 1.54) is 243 Å². The van der Waals surface area contributed by atoms with Crippen molar-refractivity contribution < 1.29 is 15.3 Å². The number of phenolic OH excluding ortho intramolecular Hbond substituents is 3. The summed E-state index contributed by atoms with van der Waals surface area (Å²) in [6.07, 6.45) is 53.1. The lowest BCUT2D eigenvalue weighted by Crippen LogP contribution is -2.11. The van der Waals surface area contributed by atoms with Crippen LogP contribution in [0.1, 0.15) is 356 Å². The lowest BCUT2D eigenvalue weighted by atomic mass is 9.80. The zero-order chi connectivity index (χ0) is 58.5. The maximum Gasteiger partial charge on any atom is 0.121 e. The van der Waals surface area contributed by atoms with E-state index in [4.69, 9.17) is 0 Å². The zero-order valence-corrected chi connectivity index (χ0v) is 54.6. The first-order valence-corrected chi connectivity index (χ1v) is 35.1. The molecule has 4 aromatic rings. The molecule has 0 radical (unpaired) electrons. The predicted octanol–water partition coefficient (Wildman–Crippen LogP) is 23.9. The molecule has 3 nitrogen and oxygen atoms in total. The van der Waals surface area contributed by atoms with Crippen molar-refractivity contribution in [1.82, 2.24) is 0 Å². The Morgan fingerprint density at radius 3 is 0.531 bits per heavy atom. The van der Waals surface area contributed by atoms with E-state index >= 15 is 0 Å². The monoisotopic (exact) mass is 1110 g/mol. The molecule has 0 amide bonds. The second-order valence-electron chi connectivity index (χ2n) is 25.7. The first kappa shape index (κ1) is 69.8. The lowest BCUT2D eigenvalue weighted by molar-refractivity contribution is 0.456. The Morgan fingerprint density at radius 2 is 0.370 bits per heavy atom. The van der Waals surface area contributed by atoms with Gasteiger partial charge >= 0.3 is 0 Å². The summed E-state index contributed by atoms with van der Waals surface area (Å²) in [6, 6.07) is 14.3. The van der Waals surface area contributed by atoms with Crippen molar-refractivity contribution >= 4 is 0 Å². The van der Waals surface area contributed by atoms with Crippen molar-refractivity contribution in [2.45, 2.75) is 351 Å². The van der Waals surface area contributed by atoms with Gasteiger partial charge in [0.15, 0.2) is 0 Å². The minimum atomic E-state index is 0.557. The van der Waals surface area contributed by atoms with E-state index in [9.17, 15) is 15.3 Å². The Labute approximate surface area is 501 Å². The maximum atomic E-state index is 12.0. The quantitative estimate of drug-likeness (QED) is 0.0386. The molecule has 0 aliphatic rings. The average Bonchev–Trinajstić information content (AvgIpc) is 3.46. The summed E-state index contributed by atoms with van der Waals surface area (Å²) >= 11 is 0. The molecule has 456 valence electrons. The van der Waals surface area contributed by atoms with Gasteiger partial charge in [0.05, 0.1) is 0 Å². The van der Waals surface area contributed by atoms with E-state index in [-0.39, 0.29) is 0 Å². The molecule has 3 N–H and O–H groups in total. The summed E-state index contributed by atoms with van der Waals surface area (Å²) in [6.45, 7) is 21.0. The van der Waals surface area contributed by atoms with Crippen molar-refractivity contribution in [3.8, 4) is 17.2 Å². The van der Waals surface area contributed by atoms with E-state index in [2.05, 4.69) is 98.7 Å². The molecule has 0 aliphatic carbocycles. The molecule has 0 fully saturated rings. The molecule has 3 heteroatoms. The molecule has 0 spiro atoms. The Balaban J connectivity index is 1.89. The number of aromatic hydroxyl groups is 3. The summed E-state index contributed by atoms with van der Waals surface area (Å²) in [4.78, 5) is 0. The molecular weight excluding hydrogens is 985 g/mol. The van der Waals surface area contributed by atoms with Crippen LogP contribution in [0.4, 0.5) is 0 Å². The Kier molecular flexibility index (Phi) is 36.3. The highest BCUT2D eigenvalue weighted by atomic mass is 16.3. The van der Waals surface area contributed by atoms with E-state index in [1.807, 2.05) is 0 Å². The molecule has 0 atom stereocenters. The number of phenols is 3. The highest BCUT2D eigenvalue weighted by Crippen LogP contribution is 2.38. The molecule has 0 saturated carbocycles. The normalized spacial score (nSPS) is 11.7. The van der Waals surface area contributed by atoms with E-state index in [0.29, 0.717) is 17.2 Å². The van der Waals surface area contributed by atoms with Crippen LogP contribution in [0, 0.1) is 20.8 Å². The van der Waals surface area contributed by atoms with E-state index < -0.39 is 0 Å². The van der Waals surface area contributed by atoms with Crippen LogP contribution in [0.5, 0.6) is 17.2 Å². The van der Waals surface area contributed by atoms with Gasteiger partial charge in [-0.25, -0.2) is 0 Å². The van der Waals surface area contributed by atoms with Crippen molar-refractivity contribution in [3.63, 3.8) is 0 Å². The Hall–Kier alpha value is -3.72. The van der Waals surface area contributed by atoms with Crippen LogP contribution in [0.25, 0.3) is 0 Å². The van der Waals surface area contributed by atoms with Crippen LogP contribution in [-0.4, -0.2) is 15.3 Å². The number of hydrogen-bond donors (Lipinski definition) is 3. The average molecular weight is 1110 g/mol. The maximum absolute atomic E-state index is 12.0. The third-order valence-electron chi connectivity index (χ3n) is 18.6. The molecule has 0 bridgehead atoms. The number of benzene rings is 4. The standard InChI is InChI=1S/C78H126O3/c1-10-16-22-28-34-40-46-67-52-64(53-68(76(67)79)47-41-35-29-23-17-11-2)58-73-61(7)74(59-65-54-69(48-42-36-30-24-18-12-3)77(80)70(55-65)49-43-37-31-25-19-13-4)63(9)75(62(73)8)60-66-56-71(50-44-38-32-26-20-14-5)78(81)72(57-66)51-45-39-33-27-21-15-6/h52-57,79-81H,10-51,58-60H2,1-9H3. The highest BCUT2D eigenvalue weighted by molar-refractivity contribution is 5.57. The molecule has 0 aliphatic heterocycles. The Morgan fingerprint density at radius 1 is 0.222 bits per heavy atom. The molecule has 0 heterocycles. The van der Waals surface area contributed by atoms with Crippen LogP contribution in [0.3, 0.4) is 0 Å². The van der Waals surface area contributed by atoms with Crippen LogP contribution < -0.4 is 0 Å². The van der Waals surface area contributed by atoms with Gasteiger partial charge in [0.1, 0.15) is 17.2 Å². The molecule has 81 heavy (non-hydrogen) atoms. The summed E-state index contributed by atoms with van der Waals surface area (Å²) in [5.41, 5.74) is 19.4. The van der Waals surface area contributed by atoms with Gasteiger partial charge in [-0.2, -0.15) is 0 Å². The first-order valence-electron chi connectivity index (χ1n) is 35.1. The molecule has 0 saturated heterocycles. The second kappa shape index (κ2) is 42.1. The number of aryl methyl sites for hydroxylation is 6. The number of hydrogen-bond acceptors (Lipinski definition) is 3. The lowest BCUT2D eigenvalue weighted by Gasteiger charge is -2.25. The van der Waals surface area contributed by atoms with Gasteiger partial charge in [-0.3, -0.25) is 0 Å². The van der Waals surface area contributed by atoms with Gasteiger partial charge in [0.25, 0.3) is 0 Å². The minimum absolute atomic E-state index is 0.557. The fourth-order valence-corrected chi connectivity index (χ4v) is 13.3. The fraction of sp³-hybridized carbons (Fsp3) is 0.692. The summed E-state index contributed by atoms with van der Waals surface area (Å²) in [5, 5.41) is 36.1. The molecule has 0 unspecified atom stereocenters.